The first kappa shape index (κ1) is 25.1. The van der Waals surface area contributed by atoms with E-state index in [-0.39, 0.29) is 23.8 Å². The molecule has 14 heteroatoms. The Hall–Kier alpha value is -4.52. The number of hydrogen-bond acceptors (Lipinski definition) is 6. The van der Waals surface area contributed by atoms with Gasteiger partial charge in [0.15, 0.2) is 17.0 Å². The molecule has 194 valence electrons. The van der Waals surface area contributed by atoms with Gasteiger partial charge in [0.1, 0.15) is 22.9 Å². The van der Waals surface area contributed by atoms with E-state index in [4.69, 9.17) is 16.3 Å². The lowest BCUT2D eigenvalue weighted by atomic mass is 10.1. The second-order valence-corrected chi connectivity index (χ2v) is 8.34. The number of methoxy groups -OCH3 is 1. The molecule has 3 aromatic heterocycles. The number of ether oxygens (including phenoxy) is 1. The Morgan fingerprint density at radius 2 is 1.89 bits per heavy atom. The van der Waals surface area contributed by atoms with Crippen LogP contribution in [0.25, 0.3) is 16.9 Å². The van der Waals surface area contributed by atoms with Crippen LogP contribution < -0.4 is 10.1 Å². The van der Waals surface area contributed by atoms with Crippen molar-refractivity contribution in [2.75, 3.05) is 12.4 Å². The Morgan fingerprint density at radius 1 is 1.11 bits per heavy atom. The Bertz CT molecular complexity index is 1670. The molecule has 2 aromatic carbocycles. The molecular weight excluding hydrogens is 530 g/mol. The molecule has 3 heterocycles. The molecule has 0 radical (unpaired) electrons. The molecule has 0 unspecified atom stereocenters. The zero-order valence-corrected chi connectivity index (χ0v) is 20.1. The molecule has 0 saturated heterocycles. The van der Waals surface area contributed by atoms with Gasteiger partial charge >= 0.3 is 6.18 Å². The van der Waals surface area contributed by atoms with Crippen LogP contribution in [0.3, 0.4) is 0 Å². The van der Waals surface area contributed by atoms with Gasteiger partial charge < -0.3 is 4.74 Å². The summed E-state index contributed by atoms with van der Waals surface area (Å²) in [5.74, 6) is -1.16. The number of rotatable bonds is 6. The fourth-order valence-corrected chi connectivity index (χ4v) is 3.90. The maximum atomic E-state index is 14.0. The van der Waals surface area contributed by atoms with Crippen LogP contribution in [0, 0.1) is 5.82 Å². The average molecular weight is 546 g/mol. The Balaban J connectivity index is 1.48. The molecule has 0 saturated carbocycles. The van der Waals surface area contributed by atoms with Crippen LogP contribution in [-0.2, 0) is 12.7 Å². The van der Waals surface area contributed by atoms with E-state index in [0.29, 0.717) is 21.4 Å². The van der Waals surface area contributed by atoms with Crippen LogP contribution in [0.5, 0.6) is 5.75 Å². The summed E-state index contributed by atoms with van der Waals surface area (Å²) < 4.78 is 62.6. The lowest BCUT2D eigenvalue weighted by Gasteiger charge is -2.11. The molecule has 5 aromatic rings. The summed E-state index contributed by atoms with van der Waals surface area (Å²) >= 11 is 6.30. The minimum absolute atomic E-state index is 0.0383. The number of anilines is 1. The summed E-state index contributed by atoms with van der Waals surface area (Å²) in [5.41, 5.74) is -1.44. The zero-order chi connectivity index (χ0) is 27.0. The highest BCUT2D eigenvalue weighted by atomic mass is 35.5. The van der Waals surface area contributed by atoms with Crippen LogP contribution in [0.1, 0.15) is 21.7 Å². The van der Waals surface area contributed by atoms with Crippen molar-refractivity contribution in [2.45, 2.75) is 12.7 Å². The number of carbonyl (C=O) groups excluding carboxylic acids is 1. The first-order valence-electron chi connectivity index (χ1n) is 10.9. The number of nitrogens with zero attached hydrogens (tertiary/aromatic N) is 6. The molecule has 0 fully saturated rings. The van der Waals surface area contributed by atoms with Gasteiger partial charge in [0.25, 0.3) is 5.91 Å². The third-order valence-corrected chi connectivity index (χ3v) is 5.80. The maximum Gasteiger partial charge on any atom is 0.433 e. The van der Waals surface area contributed by atoms with Crippen LogP contribution in [0.2, 0.25) is 5.02 Å². The summed E-state index contributed by atoms with van der Waals surface area (Å²) in [6.07, 6.45) is -3.58. The van der Waals surface area contributed by atoms with E-state index >= 15 is 0 Å². The van der Waals surface area contributed by atoms with Crippen molar-refractivity contribution in [1.82, 2.24) is 29.4 Å². The number of benzene rings is 2. The molecule has 0 aliphatic carbocycles. The van der Waals surface area contributed by atoms with Gasteiger partial charge in [-0.05, 0) is 24.3 Å². The smallest absolute Gasteiger partial charge is 0.433 e. The van der Waals surface area contributed by atoms with Gasteiger partial charge in [0.2, 0.25) is 5.95 Å². The van der Waals surface area contributed by atoms with Gasteiger partial charge in [-0.3, -0.25) is 10.1 Å². The molecular formula is C24H16ClF4N7O2. The minimum Gasteiger partial charge on any atom is -0.497 e. The average Bonchev–Trinajstić information content (AvgIpc) is 3.48. The monoisotopic (exact) mass is 545 g/mol. The molecule has 1 amide bonds. The number of aromatic nitrogens is 6. The molecule has 0 atom stereocenters. The molecule has 0 aliphatic heterocycles. The summed E-state index contributed by atoms with van der Waals surface area (Å²) in [6, 6.07) is 13.2. The Labute approximate surface area is 216 Å². The van der Waals surface area contributed by atoms with E-state index in [1.807, 2.05) is 0 Å². The first-order chi connectivity index (χ1) is 18.1. The van der Waals surface area contributed by atoms with Crippen molar-refractivity contribution in [3.05, 3.63) is 88.7 Å². The predicted octanol–water partition coefficient (Wildman–Crippen LogP) is 5.11. The highest BCUT2D eigenvalue weighted by molar-refractivity contribution is 6.37. The molecule has 0 bridgehead atoms. The van der Waals surface area contributed by atoms with Gasteiger partial charge in [0, 0.05) is 11.1 Å². The van der Waals surface area contributed by atoms with E-state index in [9.17, 15) is 22.4 Å². The molecule has 0 aliphatic rings. The molecule has 9 nitrogen and oxygen atoms in total. The van der Waals surface area contributed by atoms with Gasteiger partial charge in [-0.25, -0.2) is 23.6 Å². The Morgan fingerprint density at radius 3 is 2.63 bits per heavy atom. The third-order valence-electron chi connectivity index (χ3n) is 5.46. The highest BCUT2D eigenvalue weighted by Crippen LogP contribution is 2.35. The van der Waals surface area contributed by atoms with Crippen molar-refractivity contribution in [1.29, 1.82) is 0 Å². The summed E-state index contributed by atoms with van der Waals surface area (Å²) in [7, 11) is 1.42. The Kier molecular flexibility index (Phi) is 6.45. The standard InChI is InChI=1S/C24H16ClF4N7O2/c1-38-15-7-4-6-13(9-15)17-10-18(24(27,28)29)36-21(31-17)19(25)20(33-36)22(37)32-23-30-12-35(34-23)11-14-5-2-3-8-16(14)26/h2-10,12H,11H2,1H3,(H,32,34,37). The quantitative estimate of drug-likeness (QED) is 0.298. The topological polar surface area (TPSA) is 99.2 Å². The van der Waals surface area contributed by atoms with Crippen molar-refractivity contribution in [3.63, 3.8) is 0 Å². The second kappa shape index (κ2) is 9.74. The summed E-state index contributed by atoms with van der Waals surface area (Å²) in [6.45, 7) is 0.0383. The molecule has 5 rings (SSSR count). The third kappa shape index (κ3) is 4.87. The van der Waals surface area contributed by atoms with Crippen molar-refractivity contribution in [2.24, 2.45) is 0 Å². The van der Waals surface area contributed by atoms with Crippen LogP contribution in [-0.4, -0.2) is 42.4 Å². The number of hydrogen-bond donors (Lipinski definition) is 1. The van der Waals surface area contributed by atoms with Gasteiger partial charge in [-0.2, -0.15) is 18.3 Å². The first-order valence-corrected chi connectivity index (χ1v) is 11.3. The fourth-order valence-electron chi connectivity index (χ4n) is 3.66. The number of fused-ring (bicyclic) bond motifs is 1. The highest BCUT2D eigenvalue weighted by Gasteiger charge is 2.37. The second-order valence-electron chi connectivity index (χ2n) is 7.97. The van der Waals surface area contributed by atoms with Crippen molar-refractivity contribution < 1.29 is 27.1 Å². The minimum atomic E-state index is -4.84. The van der Waals surface area contributed by atoms with E-state index in [0.717, 1.165) is 6.07 Å². The summed E-state index contributed by atoms with van der Waals surface area (Å²) in [5, 5.41) is 9.77. The van der Waals surface area contributed by atoms with Gasteiger partial charge in [0.05, 0.1) is 19.3 Å². The van der Waals surface area contributed by atoms with Crippen molar-refractivity contribution >= 4 is 29.1 Å². The number of halogens is 5. The maximum absolute atomic E-state index is 14.0. The van der Waals surface area contributed by atoms with Crippen LogP contribution in [0.15, 0.2) is 60.9 Å². The lowest BCUT2D eigenvalue weighted by molar-refractivity contribution is -0.142. The zero-order valence-electron chi connectivity index (χ0n) is 19.4. The van der Waals surface area contributed by atoms with E-state index in [1.54, 1.807) is 36.4 Å². The largest absolute Gasteiger partial charge is 0.497 e. The number of amides is 1. The van der Waals surface area contributed by atoms with E-state index in [1.165, 1.54) is 30.3 Å². The predicted molar refractivity (Wildman–Crippen MR) is 128 cm³/mol. The number of carbonyl (C=O) groups is 1. The molecule has 38 heavy (non-hydrogen) atoms. The van der Waals surface area contributed by atoms with Crippen LogP contribution in [0.4, 0.5) is 23.5 Å². The molecule has 1 N–H and O–H groups in total. The van der Waals surface area contributed by atoms with Gasteiger partial charge in [-0.1, -0.05) is 41.9 Å². The van der Waals surface area contributed by atoms with Crippen LogP contribution >= 0.6 is 11.6 Å². The molecule has 0 spiro atoms. The number of nitrogens with one attached hydrogen (secondary N) is 1. The van der Waals surface area contributed by atoms with E-state index in [2.05, 4.69) is 25.5 Å². The lowest BCUT2D eigenvalue weighted by Crippen LogP contribution is -2.16. The number of alkyl halides is 3. The summed E-state index contributed by atoms with van der Waals surface area (Å²) in [4.78, 5) is 21.0. The van der Waals surface area contributed by atoms with Crippen molar-refractivity contribution in [3.8, 4) is 17.0 Å². The normalized spacial score (nSPS) is 11.6. The SMILES string of the molecule is COc1cccc(-c2cc(C(F)(F)F)n3nc(C(=O)Nc4ncn(Cc5ccccc5F)n4)c(Cl)c3n2)c1. The van der Waals surface area contributed by atoms with E-state index < -0.39 is 34.3 Å². The van der Waals surface area contributed by atoms with Gasteiger partial charge in [-0.15, -0.1) is 5.10 Å². The fraction of sp³-hybridized carbons (Fsp3) is 0.125.